The van der Waals surface area contributed by atoms with Gasteiger partial charge >= 0.3 is 5.97 Å². The van der Waals surface area contributed by atoms with E-state index in [9.17, 15) is 24.9 Å². The van der Waals surface area contributed by atoms with Crippen LogP contribution in [0.15, 0.2) is 11.6 Å². The molecule has 0 spiro atoms. The molecule has 0 amide bonds. The highest BCUT2D eigenvalue weighted by molar-refractivity contribution is 5.76. The first-order valence-corrected chi connectivity index (χ1v) is 14.0. The Morgan fingerprint density at radius 1 is 1.00 bits per heavy atom. The fraction of sp³-hybridized carbons (Fsp3) is 0.867. The number of carboxylic acid groups (broad SMARTS) is 1. The van der Waals surface area contributed by atoms with E-state index in [1.54, 1.807) is 0 Å². The minimum atomic E-state index is -0.713. The van der Waals surface area contributed by atoms with Gasteiger partial charge in [0.1, 0.15) is 6.29 Å². The van der Waals surface area contributed by atoms with Crippen molar-refractivity contribution in [3.8, 4) is 0 Å². The molecule has 4 fully saturated rings. The van der Waals surface area contributed by atoms with E-state index < -0.39 is 22.9 Å². The maximum absolute atomic E-state index is 12.8. The number of carboxylic acids is 1. The highest BCUT2D eigenvalue weighted by atomic mass is 16.4. The fourth-order valence-corrected chi connectivity index (χ4v) is 10.6. The first kappa shape index (κ1) is 25.4. The van der Waals surface area contributed by atoms with Crippen LogP contribution in [-0.2, 0) is 9.59 Å². The molecule has 5 rings (SSSR count). The minimum absolute atomic E-state index is 0.0200. The van der Waals surface area contributed by atoms with E-state index in [0.717, 1.165) is 51.2 Å². The van der Waals surface area contributed by atoms with Crippen LogP contribution >= 0.6 is 0 Å². The van der Waals surface area contributed by atoms with Gasteiger partial charge in [-0.2, -0.15) is 0 Å². The van der Waals surface area contributed by atoms with E-state index in [2.05, 4.69) is 33.8 Å². The van der Waals surface area contributed by atoms with Gasteiger partial charge in [0.15, 0.2) is 0 Å². The van der Waals surface area contributed by atoms with Gasteiger partial charge in [-0.25, -0.2) is 0 Å². The molecular weight excluding hydrogens is 440 g/mol. The van der Waals surface area contributed by atoms with Crippen molar-refractivity contribution in [3.05, 3.63) is 11.6 Å². The molecule has 3 N–H and O–H groups in total. The highest BCUT2D eigenvalue weighted by Gasteiger charge is 2.69. The lowest BCUT2D eigenvalue weighted by molar-refractivity contribution is -0.205. The maximum Gasteiger partial charge on any atom is 0.310 e. The highest BCUT2D eigenvalue weighted by Crippen LogP contribution is 2.75. The molecule has 0 bridgehead atoms. The second-order valence-corrected chi connectivity index (χ2v) is 14.5. The number of hydrogen-bond acceptors (Lipinski definition) is 4. The molecule has 0 aromatic rings. The SMILES string of the molecule is C[C@@]1(CO)CC[C@]2(C(=O)O)CC[C@]3(C)C(=CC[C@@H]4[C@@]5(C)CC[C@H](O)[C@@](C)(C=O)[C@@H]5CC[C@]43C)[C@@H]2C1. The summed E-state index contributed by atoms with van der Waals surface area (Å²) in [5.74, 6) is -0.112. The van der Waals surface area contributed by atoms with Crippen LogP contribution in [0.5, 0.6) is 0 Å². The molecule has 0 aromatic carbocycles. The number of aliphatic hydroxyl groups is 2. The third-order valence-electron chi connectivity index (χ3n) is 13.3. The van der Waals surface area contributed by atoms with Gasteiger partial charge in [-0.15, -0.1) is 0 Å². The Morgan fingerprint density at radius 3 is 2.31 bits per heavy atom. The summed E-state index contributed by atoms with van der Waals surface area (Å²) in [6, 6.07) is 0. The Hall–Kier alpha value is -1.20. The Labute approximate surface area is 210 Å². The summed E-state index contributed by atoms with van der Waals surface area (Å²) in [6.07, 6.45) is 11.1. The number of fused-ring (bicyclic) bond motifs is 7. The first-order chi connectivity index (χ1) is 16.3. The van der Waals surface area contributed by atoms with Gasteiger partial charge in [0.25, 0.3) is 0 Å². The Balaban J connectivity index is 1.60. The van der Waals surface area contributed by atoms with E-state index in [4.69, 9.17) is 0 Å². The largest absolute Gasteiger partial charge is 0.481 e. The van der Waals surface area contributed by atoms with Crippen LogP contribution in [0.1, 0.15) is 98.8 Å². The van der Waals surface area contributed by atoms with Crippen molar-refractivity contribution >= 4 is 12.3 Å². The number of rotatable bonds is 3. The summed E-state index contributed by atoms with van der Waals surface area (Å²) in [4.78, 5) is 25.1. The molecule has 0 aromatic heterocycles. The molecule has 0 saturated heterocycles. The van der Waals surface area contributed by atoms with Gasteiger partial charge < -0.3 is 20.1 Å². The summed E-state index contributed by atoms with van der Waals surface area (Å²) in [6.45, 7) is 11.4. The van der Waals surface area contributed by atoms with E-state index in [0.29, 0.717) is 25.2 Å². The van der Waals surface area contributed by atoms with E-state index in [1.807, 2.05) is 6.92 Å². The predicted molar refractivity (Wildman–Crippen MR) is 134 cm³/mol. The second kappa shape index (κ2) is 7.66. The normalized spacial score (nSPS) is 55.5. The van der Waals surface area contributed by atoms with Gasteiger partial charge in [0.2, 0.25) is 0 Å². The number of allylic oxidation sites excluding steroid dienone is 2. The van der Waals surface area contributed by atoms with Crippen molar-refractivity contribution in [3.63, 3.8) is 0 Å². The zero-order valence-electron chi connectivity index (χ0n) is 22.4. The smallest absolute Gasteiger partial charge is 0.310 e. The number of carbonyl (C=O) groups is 2. The van der Waals surface area contributed by atoms with Gasteiger partial charge in [0.05, 0.1) is 16.9 Å². The van der Waals surface area contributed by atoms with Crippen LogP contribution in [0.25, 0.3) is 0 Å². The zero-order chi connectivity index (χ0) is 25.7. The zero-order valence-corrected chi connectivity index (χ0v) is 22.4. The van der Waals surface area contributed by atoms with Crippen LogP contribution in [0.3, 0.4) is 0 Å². The van der Waals surface area contributed by atoms with Crippen molar-refractivity contribution in [1.82, 2.24) is 0 Å². The molecule has 0 aliphatic heterocycles. The van der Waals surface area contributed by atoms with Crippen LogP contribution < -0.4 is 0 Å². The molecule has 0 heterocycles. The summed E-state index contributed by atoms with van der Waals surface area (Å²) in [5.41, 5.74) is -0.386. The van der Waals surface area contributed by atoms with Crippen molar-refractivity contribution in [2.24, 2.45) is 50.2 Å². The number of carbonyl (C=O) groups excluding carboxylic acids is 1. The molecule has 0 radical (unpaired) electrons. The molecule has 4 saturated carbocycles. The fourth-order valence-electron chi connectivity index (χ4n) is 10.6. The molecule has 5 aliphatic rings. The quantitative estimate of drug-likeness (QED) is 0.367. The maximum atomic E-state index is 12.8. The number of hydrogen-bond donors (Lipinski definition) is 3. The van der Waals surface area contributed by atoms with E-state index >= 15 is 0 Å². The monoisotopic (exact) mass is 486 g/mol. The Kier molecular flexibility index (Phi) is 5.57. The number of aliphatic carboxylic acids is 1. The van der Waals surface area contributed by atoms with Gasteiger partial charge in [-0.05, 0) is 104 Å². The van der Waals surface area contributed by atoms with Crippen LogP contribution in [-0.4, -0.2) is 40.3 Å². The van der Waals surface area contributed by atoms with Crippen LogP contribution in [0.4, 0.5) is 0 Å². The van der Waals surface area contributed by atoms with E-state index in [1.165, 1.54) is 5.57 Å². The molecular formula is C30H46O5. The number of aliphatic hydroxyl groups excluding tert-OH is 2. The average Bonchev–Trinajstić information content (AvgIpc) is 2.82. The van der Waals surface area contributed by atoms with Crippen LogP contribution in [0, 0.1) is 50.2 Å². The van der Waals surface area contributed by atoms with Crippen molar-refractivity contribution in [2.75, 3.05) is 6.61 Å². The van der Waals surface area contributed by atoms with Crippen molar-refractivity contribution < 1.29 is 24.9 Å². The summed E-state index contributed by atoms with van der Waals surface area (Å²) in [5, 5.41) is 31.5. The first-order valence-electron chi connectivity index (χ1n) is 14.0. The van der Waals surface area contributed by atoms with Gasteiger partial charge in [-0.1, -0.05) is 46.3 Å². The summed E-state index contributed by atoms with van der Waals surface area (Å²) >= 11 is 0. The third-order valence-corrected chi connectivity index (χ3v) is 13.3. The van der Waals surface area contributed by atoms with Crippen molar-refractivity contribution in [1.29, 1.82) is 0 Å². The minimum Gasteiger partial charge on any atom is -0.481 e. The standard InChI is InChI=1S/C30H46O5/c1-25(17-31)12-14-30(24(34)35)15-13-28(4)19(20(30)16-25)6-7-22-26(2)10-9-23(33)27(3,18-32)21(26)8-11-29(22,28)5/h6,18,20-23,31,33H,7-17H2,1-5H3,(H,34,35)/t20-,21+,22+,23-,25+,26-,27-,28+,29+,30-/m0/s1. The second-order valence-electron chi connectivity index (χ2n) is 14.5. The Bertz CT molecular complexity index is 958. The van der Waals surface area contributed by atoms with Gasteiger partial charge in [0, 0.05) is 6.61 Å². The molecule has 35 heavy (non-hydrogen) atoms. The number of aldehydes is 1. The molecule has 196 valence electrons. The average molecular weight is 487 g/mol. The lowest BCUT2D eigenvalue weighted by Gasteiger charge is -2.70. The van der Waals surface area contributed by atoms with Gasteiger partial charge in [-0.3, -0.25) is 4.79 Å². The topological polar surface area (TPSA) is 94.8 Å². The molecule has 10 atom stereocenters. The third kappa shape index (κ3) is 3.00. The molecule has 0 unspecified atom stereocenters. The molecule has 5 heteroatoms. The lowest BCUT2D eigenvalue weighted by atomic mass is 9.33. The Morgan fingerprint density at radius 2 is 1.69 bits per heavy atom. The summed E-state index contributed by atoms with van der Waals surface area (Å²) in [7, 11) is 0. The molecule has 5 nitrogen and oxygen atoms in total. The summed E-state index contributed by atoms with van der Waals surface area (Å²) < 4.78 is 0. The lowest BCUT2D eigenvalue weighted by Crippen LogP contribution is -2.65. The predicted octanol–water partition coefficient (Wildman–Crippen LogP) is 5.39. The van der Waals surface area contributed by atoms with Crippen LogP contribution in [0.2, 0.25) is 0 Å². The van der Waals surface area contributed by atoms with E-state index in [-0.39, 0.29) is 40.1 Å². The molecule has 5 aliphatic carbocycles. The van der Waals surface area contributed by atoms with Crippen molar-refractivity contribution in [2.45, 2.75) is 105 Å².